The van der Waals surface area contributed by atoms with Crippen LogP contribution in [0, 0.1) is 0 Å². The maximum absolute atomic E-state index is 8.43. The monoisotopic (exact) mass is 210 g/mol. The SMILES string of the molecule is CC(=C/c1ccc(Cl)cc1)/C(N)=N\O. The zero-order valence-corrected chi connectivity index (χ0v) is 8.49. The molecule has 0 aliphatic rings. The lowest BCUT2D eigenvalue weighted by molar-refractivity contribution is 0.318. The molecule has 1 aromatic rings. The number of hydrogen-bond acceptors (Lipinski definition) is 2. The Morgan fingerprint density at radius 1 is 1.43 bits per heavy atom. The van der Waals surface area contributed by atoms with Crippen LogP contribution in [-0.4, -0.2) is 11.0 Å². The molecule has 1 aromatic carbocycles. The lowest BCUT2D eigenvalue weighted by Crippen LogP contribution is -2.12. The van der Waals surface area contributed by atoms with Crippen LogP contribution in [0.25, 0.3) is 6.08 Å². The third-order valence-corrected chi connectivity index (χ3v) is 2.02. The van der Waals surface area contributed by atoms with Gasteiger partial charge in [0.2, 0.25) is 0 Å². The maximum atomic E-state index is 8.43. The minimum absolute atomic E-state index is 0.111. The average molecular weight is 211 g/mol. The second-order valence-corrected chi connectivity index (χ2v) is 3.30. The summed E-state index contributed by atoms with van der Waals surface area (Å²) in [5, 5.41) is 12.0. The molecule has 0 spiro atoms. The van der Waals surface area contributed by atoms with Crippen molar-refractivity contribution < 1.29 is 5.21 Å². The van der Waals surface area contributed by atoms with E-state index < -0.39 is 0 Å². The molecular formula is C10H11ClN2O. The normalized spacial score (nSPS) is 13.0. The maximum Gasteiger partial charge on any atom is 0.165 e. The molecule has 3 nitrogen and oxygen atoms in total. The van der Waals surface area contributed by atoms with Crippen molar-refractivity contribution in [1.82, 2.24) is 0 Å². The van der Waals surface area contributed by atoms with Gasteiger partial charge in [0.15, 0.2) is 5.84 Å². The van der Waals surface area contributed by atoms with E-state index in [-0.39, 0.29) is 5.84 Å². The van der Waals surface area contributed by atoms with Gasteiger partial charge >= 0.3 is 0 Å². The van der Waals surface area contributed by atoms with Gasteiger partial charge in [0.25, 0.3) is 0 Å². The first-order valence-electron chi connectivity index (χ1n) is 4.05. The van der Waals surface area contributed by atoms with Gasteiger partial charge < -0.3 is 10.9 Å². The van der Waals surface area contributed by atoms with E-state index >= 15 is 0 Å². The topological polar surface area (TPSA) is 58.6 Å². The van der Waals surface area contributed by atoms with Gasteiger partial charge in [-0.1, -0.05) is 28.9 Å². The summed E-state index contributed by atoms with van der Waals surface area (Å²) >= 11 is 5.73. The van der Waals surface area contributed by atoms with Gasteiger partial charge in [0.05, 0.1) is 0 Å². The number of nitrogens with zero attached hydrogens (tertiary/aromatic N) is 1. The van der Waals surface area contributed by atoms with Crippen LogP contribution < -0.4 is 5.73 Å². The molecule has 0 saturated heterocycles. The number of amidine groups is 1. The molecule has 14 heavy (non-hydrogen) atoms. The Morgan fingerprint density at radius 3 is 2.50 bits per heavy atom. The van der Waals surface area contributed by atoms with E-state index in [1.165, 1.54) is 0 Å². The third-order valence-electron chi connectivity index (χ3n) is 1.76. The van der Waals surface area contributed by atoms with Gasteiger partial charge in [-0.3, -0.25) is 0 Å². The quantitative estimate of drug-likeness (QED) is 0.341. The zero-order valence-electron chi connectivity index (χ0n) is 7.74. The molecular weight excluding hydrogens is 200 g/mol. The highest BCUT2D eigenvalue weighted by Gasteiger charge is 1.96. The summed E-state index contributed by atoms with van der Waals surface area (Å²) < 4.78 is 0. The first-order valence-corrected chi connectivity index (χ1v) is 4.43. The molecule has 0 saturated carbocycles. The Morgan fingerprint density at radius 2 is 2.00 bits per heavy atom. The zero-order chi connectivity index (χ0) is 10.6. The largest absolute Gasteiger partial charge is 0.409 e. The Kier molecular flexibility index (Phi) is 3.54. The van der Waals surface area contributed by atoms with E-state index in [0.29, 0.717) is 10.6 Å². The molecule has 0 unspecified atom stereocenters. The number of halogens is 1. The summed E-state index contributed by atoms with van der Waals surface area (Å²) in [6.45, 7) is 1.77. The second-order valence-electron chi connectivity index (χ2n) is 2.86. The van der Waals surface area contributed by atoms with Gasteiger partial charge in [0.1, 0.15) is 0 Å². The summed E-state index contributed by atoms with van der Waals surface area (Å²) in [5.74, 6) is 0.111. The molecule has 0 aliphatic heterocycles. The fourth-order valence-electron chi connectivity index (χ4n) is 0.962. The molecule has 3 N–H and O–H groups in total. The van der Waals surface area contributed by atoms with E-state index in [2.05, 4.69) is 5.16 Å². The number of rotatable bonds is 2. The van der Waals surface area contributed by atoms with Gasteiger partial charge in [-0.15, -0.1) is 0 Å². The third kappa shape index (κ3) is 2.78. The van der Waals surface area contributed by atoms with E-state index in [4.69, 9.17) is 22.5 Å². The van der Waals surface area contributed by atoms with Crippen molar-refractivity contribution in [2.75, 3.05) is 0 Å². The van der Waals surface area contributed by atoms with E-state index in [0.717, 1.165) is 5.56 Å². The number of oxime groups is 1. The highest BCUT2D eigenvalue weighted by Crippen LogP contribution is 2.12. The van der Waals surface area contributed by atoms with Crippen LogP contribution in [0.5, 0.6) is 0 Å². The molecule has 0 radical (unpaired) electrons. The van der Waals surface area contributed by atoms with Crippen molar-refractivity contribution in [1.29, 1.82) is 0 Å². The molecule has 0 heterocycles. The average Bonchev–Trinajstić information content (AvgIpc) is 2.20. The molecule has 1 rings (SSSR count). The molecule has 0 bridgehead atoms. The van der Waals surface area contributed by atoms with Gasteiger partial charge in [-0.2, -0.15) is 0 Å². The van der Waals surface area contributed by atoms with Crippen LogP contribution >= 0.6 is 11.6 Å². The molecule has 4 heteroatoms. The Balaban J connectivity index is 2.92. The predicted octanol–water partition coefficient (Wildman–Crippen LogP) is 2.49. The van der Waals surface area contributed by atoms with Crippen LogP contribution in [0.3, 0.4) is 0 Å². The molecule has 0 amide bonds. The lowest BCUT2D eigenvalue weighted by Gasteiger charge is -1.98. The van der Waals surface area contributed by atoms with E-state index in [1.807, 2.05) is 18.2 Å². The summed E-state index contributed by atoms with van der Waals surface area (Å²) in [6, 6.07) is 7.28. The standard InChI is InChI=1S/C10H11ClN2O/c1-7(10(12)13-14)6-8-2-4-9(11)5-3-8/h2-6,14H,1H3,(H2,12,13)/b7-6-. The summed E-state index contributed by atoms with van der Waals surface area (Å²) in [4.78, 5) is 0. The van der Waals surface area contributed by atoms with Gasteiger partial charge in [-0.25, -0.2) is 0 Å². The number of benzene rings is 1. The Bertz CT molecular complexity index is 368. The summed E-state index contributed by atoms with van der Waals surface area (Å²) in [7, 11) is 0. The van der Waals surface area contributed by atoms with Gasteiger partial charge in [-0.05, 0) is 36.3 Å². The number of hydrogen-bond donors (Lipinski definition) is 2. The molecule has 0 aliphatic carbocycles. The minimum Gasteiger partial charge on any atom is -0.409 e. The second kappa shape index (κ2) is 4.67. The summed E-state index contributed by atoms with van der Waals surface area (Å²) in [6.07, 6.45) is 1.81. The first-order chi connectivity index (χ1) is 6.63. The van der Waals surface area contributed by atoms with Crippen molar-refractivity contribution in [3.63, 3.8) is 0 Å². The van der Waals surface area contributed by atoms with Crippen molar-refractivity contribution in [2.45, 2.75) is 6.92 Å². The molecule has 0 aromatic heterocycles. The van der Waals surface area contributed by atoms with Crippen molar-refractivity contribution >= 4 is 23.5 Å². The van der Waals surface area contributed by atoms with Crippen LogP contribution in [0.2, 0.25) is 5.02 Å². The highest BCUT2D eigenvalue weighted by molar-refractivity contribution is 6.30. The Hall–Kier alpha value is -1.48. The lowest BCUT2D eigenvalue weighted by atomic mass is 10.1. The first kappa shape index (κ1) is 10.6. The fourth-order valence-corrected chi connectivity index (χ4v) is 1.09. The van der Waals surface area contributed by atoms with Crippen LogP contribution in [-0.2, 0) is 0 Å². The fraction of sp³-hybridized carbons (Fsp3) is 0.100. The van der Waals surface area contributed by atoms with Crippen molar-refractivity contribution in [2.24, 2.45) is 10.9 Å². The van der Waals surface area contributed by atoms with E-state index in [1.54, 1.807) is 19.1 Å². The van der Waals surface area contributed by atoms with E-state index in [9.17, 15) is 0 Å². The van der Waals surface area contributed by atoms with Crippen LogP contribution in [0.4, 0.5) is 0 Å². The van der Waals surface area contributed by atoms with Crippen molar-refractivity contribution in [3.8, 4) is 0 Å². The van der Waals surface area contributed by atoms with Gasteiger partial charge in [0, 0.05) is 5.02 Å². The smallest absolute Gasteiger partial charge is 0.165 e. The highest BCUT2D eigenvalue weighted by atomic mass is 35.5. The molecule has 74 valence electrons. The van der Waals surface area contributed by atoms with Crippen LogP contribution in [0.15, 0.2) is 35.0 Å². The molecule has 0 fully saturated rings. The molecule has 0 atom stereocenters. The predicted molar refractivity (Wildman–Crippen MR) is 58.5 cm³/mol. The van der Waals surface area contributed by atoms with Crippen molar-refractivity contribution in [3.05, 3.63) is 40.4 Å². The number of nitrogens with two attached hydrogens (primary N) is 1. The van der Waals surface area contributed by atoms with Crippen LogP contribution in [0.1, 0.15) is 12.5 Å². The summed E-state index contributed by atoms with van der Waals surface area (Å²) in [5.41, 5.74) is 7.06. The Labute approximate surface area is 87.5 Å². The minimum atomic E-state index is 0.111.